The molecule has 3 rings (SSSR count). The maximum atomic E-state index is 13.6. The van der Waals surface area contributed by atoms with E-state index in [0.29, 0.717) is 11.2 Å². The van der Waals surface area contributed by atoms with Gasteiger partial charge in [-0.15, -0.1) is 0 Å². The SMILES string of the molecule is Nc1ccc2cnn(-c3ncc(F)cc3F)c2c1. The molecular formula is C12H8F2N4. The van der Waals surface area contributed by atoms with E-state index in [9.17, 15) is 8.78 Å². The zero-order valence-corrected chi connectivity index (χ0v) is 9.14. The van der Waals surface area contributed by atoms with Crippen LogP contribution >= 0.6 is 0 Å². The maximum Gasteiger partial charge on any atom is 0.190 e. The minimum absolute atomic E-state index is 0.0583. The van der Waals surface area contributed by atoms with Crippen LogP contribution in [-0.4, -0.2) is 14.8 Å². The molecule has 0 aliphatic rings. The highest BCUT2D eigenvalue weighted by Gasteiger charge is 2.11. The predicted molar refractivity (Wildman–Crippen MR) is 63.2 cm³/mol. The lowest BCUT2D eigenvalue weighted by molar-refractivity contribution is 0.562. The Bertz CT molecular complexity index is 736. The fraction of sp³-hybridized carbons (Fsp3) is 0. The summed E-state index contributed by atoms with van der Waals surface area (Å²) in [5.74, 6) is -1.56. The fourth-order valence-corrected chi connectivity index (χ4v) is 1.77. The Morgan fingerprint density at radius 1 is 1.11 bits per heavy atom. The molecule has 4 nitrogen and oxygen atoms in total. The highest BCUT2D eigenvalue weighted by Crippen LogP contribution is 2.21. The van der Waals surface area contributed by atoms with E-state index in [2.05, 4.69) is 10.1 Å². The van der Waals surface area contributed by atoms with Gasteiger partial charge in [-0.05, 0) is 18.2 Å². The number of nitrogens with zero attached hydrogens (tertiary/aromatic N) is 3. The Kier molecular flexibility index (Phi) is 2.22. The Morgan fingerprint density at radius 2 is 1.94 bits per heavy atom. The van der Waals surface area contributed by atoms with Gasteiger partial charge in [0.05, 0.1) is 17.9 Å². The van der Waals surface area contributed by atoms with Gasteiger partial charge in [0.15, 0.2) is 11.6 Å². The zero-order chi connectivity index (χ0) is 12.7. The molecule has 0 bridgehead atoms. The minimum atomic E-state index is -0.776. The number of pyridine rings is 1. The third-order valence-electron chi connectivity index (χ3n) is 2.58. The Morgan fingerprint density at radius 3 is 2.72 bits per heavy atom. The summed E-state index contributed by atoms with van der Waals surface area (Å²) in [6.07, 6.45) is 2.51. The molecule has 1 aromatic carbocycles. The van der Waals surface area contributed by atoms with Crippen LogP contribution in [0.25, 0.3) is 16.7 Å². The number of anilines is 1. The largest absolute Gasteiger partial charge is 0.399 e. The molecule has 0 spiro atoms. The summed E-state index contributed by atoms with van der Waals surface area (Å²) < 4.78 is 27.8. The molecule has 0 unspecified atom stereocenters. The summed E-state index contributed by atoms with van der Waals surface area (Å²) in [5, 5.41) is 4.83. The number of aromatic nitrogens is 3. The summed E-state index contributed by atoms with van der Waals surface area (Å²) in [4.78, 5) is 3.71. The van der Waals surface area contributed by atoms with Crippen LogP contribution < -0.4 is 5.73 Å². The number of halogens is 2. The van der Waals surface area contributed by atoms with Crippen LogP contribution in [0.3, 0.4) is 0 Å². The number of hydrogen-bond acceptors (Lipinski definition) is 3. The third kappa shape index (κ3) is 1.58. The Labute approximate surface area is 101 Å². The average Bonchev–Trinajstić information content (AvgIpc) is 2.72. The molecule has 18 heavy (non-hydrogen) atoms. The Balaban J connectivity index is 2.28. The molecule has 0 aliphatic carbocycles. The van der Waals surface area contributed by atoms with Gasteiger partial charge < -0.3 is 5.73 Å². The number of nitrogen functional groups attached to an aromatic ring is 1. The normalized spacial score (nSPS) is 11.0. The zero-order valence-electron chi connectivity index (χ0n) is 9.14. The van der Waals surface area contributed by atoms with E-state index in [1.54, 1.807) is 24.4 Å². The third-order valence-corrected chi connectivity index (χ3v) is 2.58. The second-order valence-electron chi connectivity index (χ2n) is 3.83. The van der Waals surface area contributed by atoms with Gasteiger partial charge in [0.25, 0.3) is 0 Å². The second-order valence-corrected chi connectivity index (χ2v) is 3.83. The van der Waals surface area contributed by atoms with E-state index in [1.165, 1.54) is 4.68 Å². The number of nitrogens with two attached hydrogens (primary N) is 1. The van der Waals surface area contributed by atoms with Gasteiger partial charge in [-0.2, -0.15) is 5.10 Å². The summed E-state index contributed by atoms with van der Waals surface area (Å²) in [6.45, 7) is 0. The molecule has 0 amide bonds. The van der Waals surface area contributed by atoms with E-state index in [0.717, 1.165) is 17.6 Å². The lowest BCUT2D eigenvalue weighted by Crippen LogP contribution is -2.03. The van der Waals surface area contributed by atoms with Crippen molar-refractivity contribution in [2.75, 3.05) is 5.73 Å². The van der Waals surface area contributed by atoms with E-state index >= 15 is 0 Å². The van der Waals surface area contributed by atoms with Gasteiger partial charge in [-0.25, -0.2) is 18.4 Å². The van der Waals surface area contributed by atoms with Crippen molar-refractivity contribution in [1.82, 2.24) is 14.8 Å². The van der Waals surface area contributed by atoms with E-state index < -0.39 is 11.6 Å². The highest BCUT2D eigenvalue weighted by molar-refractivity contribution is 5.83. The summed E-state index contributed by atoms with van der Waals surface area (Å²) in [7, 11) is 0. The topological polar surface area (TPSA) is 56.7 Å². The van der Waals surface area contributed by atoms with Crippen LogP contribution in [0.15, 0.2) is 36.7 Å². The molecule has 2 aromatic heterocycles. The quantitative estimate of drug-likeness (QED) is 0.670. The van der Waals surface area contributed by atoms with Gasteiger partial charge >= 0.3 is 0 Å². The lowest BCUT2D eigenvalue weighted by Gasteiger charge is -2.04. The molecular weight excluding hydrogens is 238 g/mol. The fourth-order valence-electron chi connectivity index (χ4n) is 1.77. The number of hydrogen-bond donors (Lipinski definition) is 1. The monoisotopic (exact) mass is 246 g/mol. The summed E-state index contributed by atoms with van der Waals surface area (Å²) >= 11 is 0. The number of rotatable bonds is 1. The van der Waals surface area contributed by atoms with Crippen molar-refractivity contribution >= 4 is 16.6 Å². The van der Waals surface area contributed by atoms with Gasteiger partial charge in [-0.3, -0.25) is 0 Å². The standard InChI is InChI=1S/C12H8F2N4/c13-8-3-10(14)12(16-6-8)18-11-4-9(15)2-1-7(11)5-17-18/h1-6H,15H2. The van der Waals surface area contributed by atoms with E-state index in [1.807, 2.05) is 0 Å². The van der Waals surface area contributed by atoms with Crippen molar-refractivity contribution < 1.29 is 8.78 Å². The molecule has 2 heterocycles. The van der Waals surface area contributed by atoms with Crippen LogP contribution in [0.5, 0.6) is 0 Å². The molecule has 6 heteroatoms. The summed E-state index contributed by atoms with van der Waals surface area (Å²) in [6, 6.07) is 5.92. The molecule has 0 fully saturated rings. The van der Waals surface area contributed by atoms with Gasteiger partial charge in [0.1, 0.15) is 5.82 Å². The van der Waals surface area contributed by atoms with Gasteiger partial charge in [0, 0.05) is 17.1 Å². The molecule has 3 aromatic rings. The van der Waals surface area contributed by atoms with Crippen molar-refractivity contribution in [3.05, 3.63) is 48.3 Å². The number of benzene rings is 1. The summed E-state index contributed by atoms with van der Waals surface area (Å²) in [5.41, 5.74) is 6.83. The van der Waals surface area contributed by atoms with Crippen molar-refractivity contribution in [2.24, 2.45) is 0 Å². The first-order valence-corrected chi connectivity index (χ1v) is 5.20. The molecule has 0 saturated heterocycles. The van der Waals surface area contributed by atoms with Crippen LogP contribution in [-0.2, 0) is 0 Å². The first kappa shape index (κ1) is 10.6. The van der Waals surface area contributed by atoms with E-state index in [4.69, 9.17) is 5.73 Å². The Hall–Kier alpha value is -2.50. The first-order valence-electron chi connectivity index (χ1n) is 5.20. The van der Waals surface area contributed by atoms with E-state index in [-0.39, 0.29) is 5.82 Å². The molecule has 0 radical (unpaired) electrons. The van der Waals surface area contributed by atoms with Crippen LogP contribution in [0.2, 0.25) is 0 Å². The molecule has 90 valence electrons. The van der Waals surface area contributed by atoms with Crippen molar-refractivity contribution in [3.8, 4) is 5.82 Å². The van der Waals surface area contributed by atoms with Crippen LogP contribution in [0.4, 0.5) is 14.5 Å². The maximum absolute atomic E-state index is 13.6. The van der Waals surface area contributed by atoms with Crippen LogP contribution in [0.1, 0.15) is 0 Å². The van der Waals surface area contributed by atoms with Crippen molar-refractivity contribution in [2.45, 2.75) is 0 Å². The molecule has 0 atom stereocenters. The minimum Gasteiger partial charge on any atom is -0.399 e. The molecule has 0 saturated carbocycles. The van der Waals surface area contributed by atoms with Crippen molar-refractivity contribution in [1.29, 1.82) is 0 Å². The second kappa shape index (κ2) is 3.76. The first-order chi connectivity index (χ1) is 8.65. The average molecular weight is 246 g/mol. The molecule has 0 aliphatic heterocycles. The predicted octanol–water partition coefficient (Wildman–Crippen LogP) is 2.28. The lowest BCUT2D eigenvalue weighted by atomic mass is 10.2. The highest BCUT2D eigenvalue weighted by atomic mass is 19.1. The van der Waals surface area contributed by atoms with Gasteiger partial charge in [-0.1, -0.05) is 0 Å². The smallest absolute Gasteiger partial charge is 0.190 e. The van der Waals surface area contributed by atoms with Gasteiger partial charge in [0.2, 0.25) is 0 Å². The number of fused-ring (bicyclic) bond motifs is 1. The van der Waals surface area contributed by atoms with Crippen molar-refractivity contribution in [3.63, 3.8) is 0 Å². The van der Waals surface area contributed by atoms with Crippen LogP contribution in [0, 0.1) is 11.6 Å². The molecule has 2 N–H and O–H groups in total.